The second-order valence-electron chi connectivity index (χ2n) is 4.11. The first-order chi connectivity index (χ1) is 8.15. The summed E-state index contributed by atoms with van der Waals surface area (Å²) < 4.78 is 0. The van der Waals surface area contributed by atoms with Crippen LogP contribution in [0, 0.1) is 13.8 Å². The maximum atomic E-state index is 5.66. The molecule has 0 saturated carbocycles. The van der Waals surface area contributed by atoms with Crippen LogP contribution < -0.4 is 5.73 Å². The van der Waals surface area contributed by atoms with Gasteiger partial charge in [-0.15, -0.1) is 11.8 Å². The van der Waals surface area contributed by atoms with Gasteiger partial charge in [-0.1, -0.05) is 23.8 Å². The molecule has 0 radical (unpaired) electrons. The highest BCUT2D eigenvalue weighted by Gasteiger charge is 2.01. The molecule has 0 amide bonds. The van der Waals surface area contributed by atoms with Crippen molar-refractivity contribution in [3.05, 3.63) is 53.2 Å². The van der Waals surface area contributed by atoms with E-state index in [1.54, 1.807) is 11.8 Å². The Bertz CT molecular complexity index is 523. The number of benzene rings is 1. The Labute approximate surface area is 106 Å². The average Bonchev–Trinajstić information content (AvgIpc) is 2.30. The molecule has 2 aromatic rings. The first-order valence-electron chi connectivity index (χ1n) is 5.56. The van der Waals surface area contributed by atoms with E-state index in [4.69, 9.17) is 5.73 Å². The first-order valence-corrected chi connectivity index (χ1v) is 6.55. The molecule has 0 unspecified atom stereocenters. The van der Waals surface area contributed by atoms with Crippen LogP contribution in [0.3, 0.4) is 0 Å². The first kappa shape index (κ1) is 12.0. The van der Waals surface area contributed by atoms with Crippen molar-refractivity contribution in [3.8, 4) is 0 Å². The molecular formula is C14H16N2S. The van der Waals surface area contributed by atoms with Crippen molar-refractivity contribution in [2.24, 2.45) is 0 Å². The molecule has 1 heterocycles. The molecule has 88 valence electrons. The summed E-state index contributed by atoms with van der Waals surface area (Å²) in [6.07, 6.45) is 0. The Balaban J connectivity index is 2.09. The van der Waals surface area contributed by atoms with E-state index >= 15 is 0 Å². The summed E-state index contributed by atoms with van der Waals surface area (Å²) in [4.78, 5) is 5.61. The number of nitrogen functional groups attached to an aromatic ring is 1. The molecule has 2 N–H and O–H groups in total. The highest BCUT2D eigenvalue weighted by atomic mass is 32.2. The number of aromatic nitrogens is 1. The molecule has 0 saturated heterocycles. The van der Waals surface area contributed by atoms with Gasteiger partial charge in [0.25, 0.3) is 0 Å². The van der Waals surface area contributed by atoms with Gasteiger partial charge >= 0.3 is 0 Å². The van der Waals surface area contributed by atoms with Crippen LogP contribution in [-0.4, -0.2) is 4.98 Å². The summed E-state index contributed by atoms with van der Waals surface area (Å²) in [5.41, 5.74) is 9.29. The van der Waals surface area contributed by atoms with Crippen LogP contribution in [0.5, 0.6) is 0 Å². The molecule has 0 aliphatic heterocycles. The molecule has 2 nitrogen and oxygen atoms in total. The summed E-state index contributed by atoms with van der Waals surface area (Å²) in [5, 5.41) is 0. The van der Waals surface area contributed by atoms with Gasteiger partial charge in [-0.2, -0.15) is 0 Å². The molecule has 17 heavy (non-hydrogen) atoms. The van der Waals surface area contributed by atoms with Gasteiger partial charge in [-0.25, -0.2) is 4.98 Å². The van der Waals surface area contributed by atoms with Crippen LogP contribution in [0.15, 0.2) is 41.3 Å². The van der Waals surface area contributed by atoms with E-state index in [9.17, 15) is 0 Å². The van der Waals surface area contributed by atoms with Crippen molar-refractivity contribution in [3.63, 3.8) is 0 Å². The number of nitrogens with zero attached hydrogens (tertiary/aromatic N) is 1. The van der Waals surface area contributed by atoms with Crippen molar-refractivity contribution in [2.45, 2.75) is 24.5 Å². The maximum Gasteiger partial charge on any atom is 0.123 e. The Morgan fingerprint density at radius 3 is 2.76 bits per heavy atom. The van der Waals surface area contributed by atoms with Crippen LogP contribution in [0.4, 0.5) is 5.82 Å². The van der Waals surface area contributed by atoms with Crippen LogP contribution in [0.1, 0.15) is 16.8 Å². The number of hydrogen-bond donors (Lipinski definition) is 1. The molecule has 1 aromatic heterocycles. The fraction of sp³-hybridized carbons (Fsp3) is 0.214. The van der Waals surface area contributed by atoms with Crippen LogP contribution >= 0.6 is 11.8 Å². The van der Waals surface area contributed by atoms with Gasteiger partial charge in [0.05, 0.1) is 5.69 Å². The standard InChI is InChI=1S/C14H16N2S/c1-10-6-7-11(2)13(8-10)17-9-12-4-3-5-14(15)16-12/h3-8H,9H2,1-2H3,(H2,15,16). The normalized spacial score (nSPS) is 10.5. The van der Waals surface area contributed by atoms with Gasteiger partial charge in [-0.3, -0.25) is 0 Å². The molecule has 0 spiro atoms. The predicted molar refractivity (Wildman–Crippen MR) is 74.1 cm³/mol. The van der Waals surface area contributed by atoms with Crippen LogP contribution in [0.25, 0.3) is 0 Å². The lowest BCUT2D eigenvalue weighted by molar-refractivity contribution is 1.18. The van der Waals surface area contributed by atoms with E-state index in [-0.39, 0.29) is 0 Å². The molecule has 0 aliphatic carbocycles. The van der Waals surface area contributed by atoms with Crippen LogP contribution in [-0.2, 0) is 5.75 Å². The summed E-state index contributed by atoms with van der Waals surface area (Å²) in [6.45, 7) is 4.25. The Kier molecular flexibility index (Phi) is 3.69. The SMILES string of the molecule is Cc1ccc(C)c(SCc2cccc(N)n2)c1. The van der Waals surface area contributed by atoms with Gasteiger partial charge in [0.2, 0.25) is 0 Å². The number of nitrogens with two attached hydrogens (primary N) is 1. The molecule has 2 rings (SSSR count). The van der Waals surface area contributed by atoms with Crippen molar-refractivity contribution >= 4 is 17.6 Å². The Hall–Kier alpha value is -1.48. The lowest BCUT2D eigenvalue weighted by Gasteiger charge is -2.06. The molecule has 0 atom stereocenters. The maximum absolute atomic E-state index is 5.66. The number of anilines is 1. The van der Waals surface area contributed by atoms with E-state index in [1.807, 2.05) is 18.2 Å². The monoisotopic (exact) mass is 244 g/mol. The number of aryl methyl sites for hydroxylation is 2. The average molecular weight is 244 g/mol. The van der Waals surface area contributed by atoms with Gasteiger partial charge < -0.3 is 5.73 Å². The number of rotatable bonds is 3. The summed E-state index contributed by atoms with van der Waals surface area (Å²) in [6, 6.07) is 12.3. The Morgan fingerprint density at radius 2 is 2.00 bits per heavy atom. The molecule has 0 fully saturated rings. The smallest absolute Gasteiger partial charge is 0.123 e. The number of thioether (sulfide) groups is 1. The van der Waals surface area contributed by atoms with Crippen LogP contribution in [0.2, 0.25) is 0 Å². The quantitative estimate of drug-likeness (QED) is 0.839. The summed E-state index contributed by atoms with van der Waals surface area (Å²) >= 11 is 1.80. The van der Waals surface area contributed by atoms with Gasteiger partial charge in [-0.05, 0) is 37.6 Å². The Morgan fingerprint density at radius 1 is 1.18 bits per heavy atom. The zero-order valence-corrected chi connectivity index (χ0v) is 10.9. The van der Waals surface area contributed by atoms with E-state index in [2.05, 4.69) is 37.0 Å². The zero-order chi connectivity index (χ0) is 12.3. The third kappa shape index (κ3) is 3.24. The van der Waals surface area contributed by atoms with E-state index in [1.165, 1.54) is 16.0 Å². The molecular weight excluding hydrogens is 228 g/mol. The highest BCUT2D eigenvalue weighted by Crippen LogP contribution is 2.26. The van der Waals surface area contributed by atoms with Crippen molar-refractivity contribution in [1.29, 1.82) is 0 Å². The lowest BCUT2D eigenvalue weighted by Crippen LogP contribution is -1.93. The lowest BCUT2D eigenvalue weighted by atomic mass is 10.2. The van der Waals surface area contributed by atoms with E-state index in [0.29, 0.717) is 5.82 Å². The molecule has 1 aromatic carbocycles. The fourth-order valence-electron chi connectivity index (χ4n) is 1.59. The number of hydrogen-bond acceptors (Lipinski definition) is 3. The van der Waals surface area contributed by atoms with Crippen molar-refractivity contribution in [2.75, 3.05) is 5.73 Å². The highest BCUT2D eigenvalue weighted by molar-refractivity contribution is 7.98. The van der Waals surface area contributed by atoms with E-state index in [0.717, 1.165) is 11.4 Å². The second kappa shape index (κ2) is 5.23. The molecule has 0 bridgehead atoms. The van der Waals surface area contributed by atoms with Gasteiger partial charge in [0.15, 0.2) is 0 Å². The minimum atomic E-state index is 0.587. The molecule has 3 heteroatoms. The topological polar surface area (TPSA) is 38.9 Å². The third-order valence-electron chi connectivity index (χ3n) is 2.55. The van der Waals surface area contributed by atoms with E-state index < -0.39 is 0 Å². The fourth-order valence-corrected chi connectivity index (χ4v) is 2.62. The third-order valence-corrected chi connectivity index (χ3v) is 3.74. The van der Waals surface area contributed by atoms with Crippen molar-refractivity contribution in [1.82, 2.24) is 4.98 Å². The van der Waals surface area contributed by atoms with Crippen molar-refractivity contribution < 1.29 is 0 Å². The largest absolute Gasteiger partial charge is 0.384 e. The molecule has 0 aliphatic rings. The van der Waals surface area contributed by atoms with Gasteiger partial charge in [0, 0.05) is 10.6 Å². The summed E-state index contributed by atoms with van der Waals surface area (Å²) in [7, 11) is 0. The predicted octanol–water partition coefficient (Wildman–Crippen LogP) is 3.57. The zero-order valence-electron chi connectivity index (χ0n) is 10.1. The minimum Gasteiger partial charge on any atom is -0.384 e. The summed E-state index contributed by atoms with van der Waals surface area (Å²) in [5.74, 6) is 1.44. The number of pyridine rings is 1. The second-order valence-corrected chi connectivity index (χ2v) is 5.13. The minimum absolute atomic E-state index is 0.587. The van der Waals surface area contributed by atoms with Gasteiger partial charge in [0.1, 0.15) is 5.82 Å².